The number of hydrogen-bond donors (Lipinski definition) is 2. The Kier molecular flexibility index (Phi) is 5.19. The molecule has 6 heteroatoms. The van der Waals surface area contributed by atoms with Crippen LogP contribution in [0.3, 0.4) is 0 Å². The van der Waals surface area contributed by atoms with E-state index in [1.807, 2.05) is 56.3 Å². The van der Waals surface area contributed by atoms with Crippen molar-refractivity contribution in [3.05, 3.63) is 76.2 Å². The summed E-state index contributed by atoms with van der Waals surface area (Å²) in [7, 11) is 0. The molecule has 0 spiro atoms. The minimum atomic E-state index is -0.282. The van der Waals surface area contributed by atoms with Crippen LogP contribution in [0.2, 0.25) is 5.02 Å². The lowest BCUT2D eigenvalue weighted by atomic mass is 10.2. The third-order valence-electron chi connectivity index (χ3n) is 3.93. The van der Waals surface area contributed by atoms with Gasteiger partial charge in [0.1, 0.15) is 17.3 Å². The number of nitrogens with zero attached hydrogens (tertiary/aromatic N) is 2. The first kappa shape index (κ1) is 17.9. The lowest BCUT2D eigenvalue weighted by Crippen LogP contribution is -2.16. The molecule has 0 saturated carbocycles. The van der Waals surface area contributed by atoms with E-state index >= 15 is 0 Å². The molecule has 26 heavy (non-hydrogen) atoms. The van der Waals surface area contributed by atoms with Crippen molar-refractivity contribution in [1.82, 2.24) is 9.97 Å². The number of amides is 1. The van der Waals surface area contributed by atoms with Crippen LogP contribution in [0.15, 0.2) is 48.5 Å². The van der Waals surface area contributed by atoms with Crippen LogP contribution in [0.4, 0.5) is 17.2 Å². The summed E-state index contributed by atoms with van der Waals surface area (Å²) < 4.78 is 0. The van der Waals surface area contributed by atoms with Crippen LogP contribution >= 0.6 is 11.6 Å². The first-order valence-electron chi connectivity index (χ1n) is 8.18. The Balaban J connectivity index is 1.86. The number of anilines is 3. The first-order valence-corrected chi connectivity index (χ1v) is 8.56. The van der Waals surface area contributed by atoms with Crippen LogP contribution < -0.4 is 10.6 Å². The van der Waals surface area contributed by atoms with Crippen molar-refractivity contribution in [2.45, 2.75) is 20.8 Å². The van der Waals surface area contributed by atoms with Crippen molar-refractivity contribution in [3.63, 3.8) is 0 Å². The predicted octanol–water partition coefficient (Wildman–Crippen LogP) is 5.05. The molecule has 5 nitrogen and oxygen atoms in total. The minimum Gasteiger partial charge on any atom is -0.340 e. The maximum atomic E-state index is 12.6. The number of hydrogen-bond acceptors (Lipinski definition) is 4. The summed E-state index contributed by atoms with van der Waals surface area (Å²) in [4.78, 5) is 21.2. The Labute approximate surface area is 157 Å². The largest absolute Gasteiger partial charge is 0.340 e. The summed E-state index contributed by atoms with van der Waals surface area (Å²) >= 11 is 6.06. The Morgan fingerprint density at radius 1 is 0.923 bits per heavy atom. The molecule has 2 N–H and O–H groups in total. The van der Waals surface area contributed by atoms with Crippen molar-refractivity contribution in [3.8, 4) is 0 Å². The highest BCUT2D eigenvalue weighted by Gasteiger charge is 2.12. The van der Waals surface area contributed by atoms with Gasteiger partial charge < -0.3 is 10.6 Å². The van der Waals surface area contributed by atoms with Gasteiger partial charge in [0.15, 0.2) is 0 Å². The van der Waals surface area contributed by atoms with Gasteiger partial charge in [-0.1, -0.05) is 35.9 Å². The van der Waals surface area contributed by atoms with E-state index in [2.05, 4.69) is 20.6 Å². The summed E-state index contributed by atoms with van der Waals surface area (Å²) in [5.41, 5.74) is 3.90. The van der Waals surface area contributed by atoms with E-state index in [1.165, 1.54) is 0 Å². The fourth-order valence-corrected chi connectivity index (χ4v) is 2.69. The maximum absolute atomic E-state index is 12.6. The standard InChI is InChI=1S/C20H19ClN4O/c1-12-6-4-5-7-16(12)25-20(26)18-11-19(23-14(3)22-18)24-17-10-15(21)9-8-13(17)2/h4-11H,1-3H3,(H,25,26)(H,22,23,24). The SMILES string of the molecule is Cc1nc(Nc2cc(Cl)ccc2C)cc(C(=O)Nc2ccccc2C)n1. The molecule has 1 aromatic heterocycles. The van der Waals surface area contributed by atoms with E-state index in [1.54, 1.807) is 13.0 Å². The number of rotatable bonds is 4. The second-order valence-corrected chi connectivity index (χ2v) is 6.48. The van der Waals surface area contributed by atoms with Gasteiger partial charge in [0.2, 0.25) is 0 Å². The molecule has 0 atom stereocenters. The van der Waals surface area contributed by atoms with E-state index in [-0.39, 0.29) is 5.91 Å². The molecule has 1 heterocycles. The van der Waals surface area contributed by atoms with E-state index in [9.17, 15) is 4.79 Å². The highest BCUT2D eigenvalue weighted by molar-refractivity contribution is 6.30. The van der Waals surface area contributed by atoms with Crippen molar-refractivity contribution in [1.29, 1.82) is 0 Å². The van der Waals surface area contributed by atoms with Crippen LogP contribution in [0.5, 0.6) is 0 Å². The van der Waals surface area contributed by atoms with Gasteiger partial charge in [0, 0.05) is 22.5 Å². The number of carbonyl (C=O) groups excluding carboxylic acids is 1. The number of carbonyl (C=O) groups is 1. The lowest BCUT2D eigenvalue weighted by Gasteiger charge is -2.12. The van der Waals surface area contributed by atoms with Crippen LogP contribution in [0.1, 0.15) is 27.4 Å². The zero-order valence-corrected chi connectivity index (χ0v) is 15.6. The fraction of sp³-hybridized carbons (Fsp3) is 0.150. The fourth-order valence-electron chi connectivity index (χ4n) is 2.51. The molecule has 0 bridgehead atoms. The lowest BCUT2D eigenvalue weighted by molar-refractivity contribution is 0.102. The van der Waals surface area contributed by atoms with Gasteiger partial charge in [-0.15, -0.1) is 0 Å². The van der Waals surface area contributed by atoms with Gasteiger partial charge in [-0.25, -0.2) is 9.97 Å². The van der Waals surface area contributed by atoms with E-state index in [0.717, 1.165) is 22.5 Å². The van der Waals surface area contributed by atoms with Crippen LogP contribution in [0.25, 0.3) is 0 Å². The Hall–Kier alpha value is -2.92. The summed E-state index contributed by atoms with van der Waals surface area (Å²) in [6, 6.07) is 14.8. The average Bonchev–Trinajstić information content (AvgIpc) is 2.59. The topological polar surface area (TPSA) is 66.9 Å². The van der Waals surface area contributed by atoms with Gasteiger partial charge >= 0.3 is 0 Å². The number of para-hydroxylation sites is 1. The van der Waals surface area contributed by atoms with Crippen LogP contribution in [-0.4, -0.2) is 15.9 Å². The van der Waals surface area contributed by atoms with Crippen molar-refractivity contribution in [2.24, 2.45) is 0 Å². The molecule has 132 valence electrons. The third-order valence-corrected chi connectivity index (χ3v) is 4.16. The first-order chi connectivity index (χ1) is 12.4. The molecule has 3 rings (SSSR count). The molecule has 0 fully saturated rings. The molecule has 2 aromatic carbocycles. The van der Waals surface area contributed by atoms with Crippen molar-refractivity contribution < 1.29 is 4.79 Å². The quantitative estimate of drug-likeness (QED) is 0.678. The smallest absolute Gasteiger partial charge is 0.274 e. The summed E-state index contributed by atoms with van der Waals surface area (Å²) in [5, 5.41) is 6.72. The van der Waals surface area contributed by atoms with Gasteiger partial charge in [-0.3, -0.25) is 4.79 Å². The average molecular weight is 367 g/mol. The normalized spacial score (nSPS) is 10.5. The summed E-state index contributed by atoms with van der Waals surface area (Å²) in [5.74, 6) is 0.762. The van der Waals surface area contributed by atoms with E-state index < -0.39 is 0 Å². The molecule has 0 unspecified atom stereocenters. The summed E-state index contributed by atoms with van der Waals surface area (Å²) in [6.07, 6.45) is 0. The summed E-state index contributed by atoms with van der Waals surface area (Å²) in [6.45, 7) is 5.66. The van der Waals surface area contributed by atoms with E-state index in [4.69, 9.17) is 11.6 Å². The third kappa shape index (κ3) is 4.18. The zero-order valence-electron chi connectivity index (χ0n) is 14.8. The van der Waals surface area contributed by atoms with Crippen molar-refractivity contribution >= 4 is 34.7 Å². The molecule has 3 aromatic rings. The van der Waals surface area contributed by atoms with Crippen LogP contribution in [0, 0.1) is 20.8 Å². The highest BCUT2D eigenvalue weighted by atomic mass is 35.5. The molecule has 0 aliphatic rings. The Bertz CT molecular complexity index is 972. The van der Waals surface area contributed by atoms with Gasteiger partial charge in [0.05, 0.1) is 0 Å². The minimum absolute atomic E-state index is 0.282. The van der Waals surface area contributed by atoms with Gasteiger partial charge in [-0.05, 0) is 50.1 Å². The van der Waals surface area contributed by atoms with Gasteiger partial charge in [-0.2, -0.15) is 0 Å². The maximum Gasteiger partial charge on any atom is 0.274 e. The second-order valence-electron chi connectivity index (χ2n) is 6.04. The van der Waals surface area contributed by atoms with Crippen molar-refractivity contribution in [2.75, 3.05) is 10.6 Å². The molecule has 0 radical (unpaired) electrons. The van der Waals surface area contributed by atoms with E-state index in [0.29, 0.717) is 22.4 Å². The molecular formula is C20H19ClN4O. The Morgan fingerprint density at radius 3 is 2.42 bits per heavy atom. The Morgan fingerprint density at radius 2 is 1.65 bits per heavy atom. The second kappa shape index (κ2) is 7.54. The predicted molar refractivity (Wildman–Crippen MR) is 105 cm³/mol. The molecule has 0 aliphatic heterocycles. The molecule has 0 saturated heterocycles. The number of benzene rings is 2. The zero-order chi connectivity index (χ0) is 18.7. The monoisotopic (exact) mass is 366 g/mol. The number of halogens is 1. The van der Waals surface area contributed by atoms with Crippen LogP contribution in [-0.2, 0) is 0 Å². The number of aryl methyl sites for hydroxylation is 3. The number of nitrogens with one attached hydrogen (secondary N) is 2. The molecule has 1 amide bonds. The highest BCUT2D eigenvalue weighted by Crippen LogP contribution is 2.24. The molecule has 0 aliphatic carbocycles. The molecular weight excluding hydrogens is 348 g/mol. The van der Waals surface area contributed by atoms with Gasteiger partial charge in [0.25, 0.3) is 5.91 Å². The number of aromatic nitrogens is 2.